The Hall–Kier alpha value is -3.09. The van der Waals surface area contributed by atoms with Crippen molar-refractivity contribution in [1.29, 1.82) is 0 Å². The van der Waals surface area contributed by atoms with E-state index in [0.29, 0.717) is 30.1 Å². The molecule has 2 bridgehead atoms. The molecule has 0 aliphatic carbocycles. The number of fused-ring (bicyclic) bond motifs is 3. The normalized spacial score (nSPS) is 24.1. The van der Waals surface area contributed by atoms with Gasteiger partial charge in [-0.15, -0.1) is 0 Å². The zero-order valence-corrected chi connectivity index (χ0v) is 14.9. The van der Waals surface area contributed by atoms with Gasteiger partial charge in [0, 0.05) is 24.9 Å². The Balaban J connectivity index is 1.52. The van der Waals surface area contributed by atoms with E-state index in [2.05, 4.69) is 25.2 Å². The van der Waals surface area contributed by atoms with Gasteiger partial charge >= 0.3 is 0 Å². The molecule has 1 aromatic carbocycles. The van der Waals surface area contributed by atoms with E-state index in [1.165, 1.54) is 23.1 Å². The van der Waals surface area contributed by atoms with Gasteiger partial charge in [-0.05, 0) is 12.1 Å². The second kappa shape index (κ2) is 6.82. The summed E-state index contributed by atoms with van der Waals surface area (Å²) in [6.07, 6.45) is 2.99. The van der Waals surface area contributed by atoms with Crippen molar-refractivity contribution in [2.24, 2.45) is 11.8 Å². The van der Waals surface area contributed by atoms with Crippen LogP contribution < -0.4 is 10.1 Å². The third-order valence-corrected chi connectivity index (χ3v) is 5.27. The van der Waals surface area contributed by atoms with E-state index in [-0.39, 0.29) is 29.3 Å². The smallest absolute Gasteiger partial charge is 0.228 e. The van der Waals surface area contributed by atoms with E-state index in [9.17, 15) is 4.39 Å². The molecule has 2 saturated heterocycles. The van der Waals surface area contributed by atoms with Gasteiger partial charge in [0.25, 0.3) is 0 Å². The lowest BCUT2D eigenvalue weighted by molar-refractivity contribution is -0.0829. The monoisotopic (exact) mass is 380 g/mol. The largest absolute Gasteiger partial charge is 0.473 e. The highest BCUT2D eigenvalue weighted by atomic mass is 19.1. The quantitative estimate of drug-likeness (QED) is 0.702. The van der Waals surface area contributed by atoms with Gasteiger partial charge in [-0.1, -0.05) is 6.07 Å². The Morgan fingerprint density at radius 1 is 1.25 bits per heavy atom. The second-order valence-electron chi connectivity index (χ2n) is 7.02. The fraction of sp³-hybridized carbons (Fsp3) is 0.368. The van der Waals surface area contributed by atoms with Gasteiger partial charge in [0.2, 0.25) is 5.88 Å². The van der Waals surface area contributed by atoms with Crippen LogP contribution in [0.25, 0.3) is 21.6 Å². The van der Waals surface area contributed by atoms with Crippen molar-refractivity contribution in [3.8, 4) is 11.6 Å². The lowest BCUT2D eigenvalue weighted by Crippen LogP contribution is -2.56. The van der Waals surface area contributed by atoms with Gasteiger partial charge in [-0.25, -0.2) is 23.9 Å². The van der Waals surface area contributed by atoms with Crippen LogP contribution in [0.1, 0.15) is 0 Å². The van der Waals surface area contributed by atoms with E-state index in [1.54, 1.807) is 12.3 Å². The highest BCUT2D eigenvalue weighted by molar-refractivity contribution is 5.81. The Labute approximate surface area is 160 Å². The van der Waals surface area contributed by atoms with Gasteiger partial charge in [-0.3, -0.25) is 0 Å². The van der Waals surface area contributed by atoms with Gasteiger partial charge in [0.15, 0.2) is 11.3 Å². The number of nitrogens with one attached hydrogen (secondary N) is 1. The SMILES string of the molecule is [C-]#[N+]c1ccc(-n2ncc3c(OC4C5CNCC4COC5)ncnc32)c(F)c1. The zero-order chi connectivity index (χ0) is 19.1. The molecule has 8 nitrogen and oxygen atoms in total. The maximum absolute atomic E-state index is 14.5. The molecule has 2 fully saturated rings. The van der Waals surface area contributed by atoms with Gasteiger partial charge in [0.05, 0.1) is 26.0 Å². The molecule has 2 aliphatic rings. The third kappa shape index (κ3) is 2.78. The summed E-state index contributed by atoms with van der Waals surface area (Å²) in [6, 6.07) is 4.25. The van der Waals surface area contributed by atoms with Gasteiger partial charge in [0.1, 0.15) is 29.3 Å². The van der Waals surface area contributed by atoms with Gasteiger partial charge in [-0.2, -0.15) is 5.10 Å². The van der Waals surface area contributed by atoms with Crippen LogP contribution in [0.3, 0.4) is 0 Å². The number of benzene rings is 1. The van der Waals surface area contributed by atoms with Crippen molar-refractivity contribution < 1.29 is 13.9 Å². The zero-order valence-electron chi connectivity index (χ0n) is 14.9. The minimum Gasteiger partial charge on any atom is -0.473 e. The first-order valence-corrected chi connectivity index (χ1v) is 9.06. The molecule has 3 aromatic rings. The first-order chi connectivity index (χ1) is 13.7. The van der Waals surface area contributed by atoms with Crippen LogP contribution in [0, 0.1) is 24.2 Å². The molecule has 28 heavy (non-hydrogen) atoms. The predicted molar refractivity (Wildman–Crippen MR) is 98.0 cm³/mol. The van der Waals surface area contributed by atoms with Crippen LogP contribution >= 0.6 is 0 Å². The van der Waals surface area contributed by atoms with Crippen molar-refractivity contribution in [3.05, 3.63) is 48.0 Å². The number of ether oxygens (including phenoxy) is 2. The molecule has 0 spiro atoms. The number of halogens is 1. The minimum absolute atomic E-state index is 0.00568. The Kier molecular flexibility index (Phi) is 4.15. The van der Waals surface area contributed by atoms with Crippen LogP contribution in [0.15, 0.2) is 30.7 Å². The Morgan fingerprint density at radius 3 is 2.82 bits per heavy atom. The Morgan fingerprint density at radius 2 is 2.07 bits per heavy atom. The molecule has 0 amide bonds. The summed E-state index contributed by atoms with van der Waals surface area (Å²) in [5.41, 5.74) is 0.907. The molecular weight excluding hydrogens is 363 g/mol. The van der Waals surface area contributed by atoms with Crippen molar-refractivity contribution in [1.82, 2.24) is 25.1 Å². The third-order valence-electron chi connectivity index (χ3n) is 5.27. The molecule has 2 aromatic heterocycles. The molecule has 2 aliphatic heterocycles. The van der Waals surface area contributed by atoms with Crippen molar-refractivity contribution in [3.63, 3.8) is 0 Å². The molecule has 5 rings (SSSR count). The van der Waals surface area contributed by atoms with E-state index >= 15 is 0 Å². The summed E-state index contributed by atoms with van der Waals surface area (Å²) in [7, 11) is 0. The van der Waals surface area contributed by atoms with Crippen molar-refractivity contribution >= 4 is 16.7 Å². The van der Waals surface area contributed by atoms with Crippen LogP contribution in [0.4, 0.5) is 10.1 Å². The molecule has 0 saturated carbocycles. The van der Waals surface area contributed by atoms with Crippen LogP contribution in [0.5, 0.6) is 5.88 Å². The summed E-state index contributed by atoms with van der Waals surface area (Å²) < 4.78 is 27.8. The summed E-state index contributed by atoms with van der Waals surface area (Å²) in [4.78, 5) is 11.8. The van der Waals surface area contributed by atoms with Crippen LogP contribution in [0.2, 0.25) is 0 Å². The summed E-state index contributed by atoms with van der Waals surface area (Å²) in [6.45, 7) is 9.99. The van der Waals surface area contributed by atoms with E-state index in [1.807, 2.05) is 0 Å². The number of hydrogen-bond donors (Lipinski definition) is 1. The number of nitrogens with zero attached hydrogens (tertiary/aromatic N) is 5. The lowest BCUT2D eigenvalue weighted by atomic mass is 9.86. The van der Waals surface area contributed by atoms with E-state index < -0.39 is 5.82 Å². The van der Waals surface area contributed by atoms with Crippen molar-refractivity contribution in [2.75, 3.05) is 26.3 Å². The highest BCUT2D eigenvalue weighted by Gasteiger charge is 2.39. The molecule has 142 valence electrons. The summed E-state index contributed by atoms with van der Waals surface area (Å²) >= 11 is 0. The standard InChI is InChI=1S/C19H17FN6O2/c1-21-13-2-3-16(15(20)4-13)26-18-14(7-25-26)19(24-10-23-18)28-17-11-5-22-6-12(17)9-27-8-11/h2-4,7,10-12,17,22H,5-6,8-9H2. The molecule has 0 radical (unpaired) electrons. The van der Waals surface area contributed by atoms with Crippen molar-refractivity contribution in [2.45, 2.75) is 6.10 Å². The van der Waals surface area contributed by atoms with E-state index in [4.69, 9.17) is 16.0 Å². The molecule has 1 N–H and O–H groups in total. The van der Waals surface area contributed by atoms with Gasteiger partial charge < -0.3 is 14.8 Å². The molecule has 2 unspecified atom stereocenters. The van der Waals surface area contributed by atoms with Crippen LogP contribution in [-0.4, -0.2) is 52.2 Å². The summed E-state index contributed by atoms with van der Waals surface area (Å²) in [5.74, 6) is 0.417. The first kappa shape index (κ1) is 17.0. The number of aromatic nitrogens is 4. The fourth-order valence-electron chi connectivity index (χ4n) is 3.90. The number of piperidine rings is 1. The maximum atomic E-state index is 14.5. The number of rotatable bonds is 3. The topological polar surface area (TPSA) is 78.5 Å². The average Bonchev–Trinajstić information content (AvgIpc) is 3.12. The molecule has 2 atom stereocenters. The molecule has 4 heterocycles. The van der Waals surface area contributed by atoms with E-state index in [0.717, 1.165) is 13.1 Å². The first-order valence-electron chi connectivity index (χ1n) is 9.06. The minimum atomic E-state index is -0.537. The fourth-order valence-corrected chi connectivity index (χ4v) is 3.90. The molecule has 9 heteroatoms. The highest BCUT2D eigenvalue weighted by Crippen LogP contribution is 2.31. The van der Waals surface area contributed by atoms with Crippen LogP contribution in [-0.2, 0) is 4.74 Å². The lowest BCUT2D eigenvalue weighted by Gasteiger charge is -2.41. The molecular formula is C19H17FN6O2. The second-order valence-corrected chi connectivity index (χ2v) is 7.02. The predicted octanol–water partition coefficient (Wildman–Crippen LogP) is 2.12. The maximum Gasteiger partial charge on any atom is 0.228 e. The summed E-state index contributed by atoms with van der Waals surface area (Å²) in [5, 5.41) is 8.32. The average molecular weight is 380 g/mol. The number of hydrogen-bond acceptors (Lipinski definition) is 6. The Bertz CT molecular complexity index is 1060.